The Morgan fingerprint density at radius 1 is 1.29 bits per heavy atom. The van der Waals surface area contributed by atoms with E-state index in [4.69, 9.17) is 11.6 Å². The number of anilines is 1. The molecule has 0 fully saturated rings. The normalized spacial score (nSPS) is 12.0. The maximum Gasteiger partial charge on any atom is 0.129 e. The Bertz CT molecular complexity index is 771. The van der Waals surface area contributed by atoms with Gasteiger partial charge in [-0.15, -0.1) is 0 Å². The first-order chi connectivity index (χ1) is 9.95. The number of nitrogens with one attached hydrogen (secondary N) is 1. The molecule has 0 aliphatic rings. The van der Waals surface area contributed by atoms with E-state index in [0.29, 0.717) is 11.6 Å². The third-order valence-electron chi connectivity index (χ3n) is 3.17. The van der Waals surface area contributed by atoms with Crippen LogP contribution in [0, 0.1) is 0 Å². The van der Waals surface area contributed by atoms with Crippen molar-refractivity contribution < 1.29 is 0 Å². The van der Waals surface area contributed by atoms with Crippen molar-refractivity contribution in [3.05, 3.63) is 35.1 Å². The second-order valence-corrected chi connectivity index (χ2v) is 6.81. The number of rotatable bonds is 3. The highest BCUT2D eigenvalue weighted by molar-refractivity contribution is 7.00. The number of nitrogens with zero attached hydrogens (tertiary/aromatic N) is 4. The zero-order valence-electron chi connectivity index (χ0n) is 12.1. The van der Waals surface area contributed by atoms with E-state index in [0.717, 1.165) is 22.3 Å². The van der Waals surface area contributed by atoms with Gasteiger partial charge in [0, 0.05) is 18.3 Å². The van der Waals surface area contributed by atoms with E-state index in [-0.39, 0.29) is 5.54 Å². The zero-order chi connectivity index (χ0) is 15.0. The molecule has 0 unspecified atom stereocenters. The fourth-order valence-corrected chi connectivity index (χ4v) is 2.77. The quantitative estimate of drug-likeness (QED) is 0.794. The highest BCUT2D eigenvalue weighted by Crippen LogP contribution is 2.30. The molecule has 21 heavy (non-hydrogen) atoms. The van der Waals surface area contributed by atoms with E-state index in [1.54, 1.807) is 0 Å². The number of fused-ring (bicyclic) bond motifs is 1. The highest BCUT2D eigenvalue weighted by atomic mass is 35.5. The molecule has 1 N–H and O–H groups in total. The Labute approximate surface area is 132 Å². The lowest BCUT2D eigenvalue weighted by Gasteiger charge is -2.18. The summed E-state index contributed by atoms with van der Waals surface area (Å²) in [6, 6.07) is 3.72. The minimum atomic E-state index is -0.0191. The van der Waals surface area contributed by atoms with Crippen molar-refractivity contribution in [2.24, 2.45) is 0 Å². The van der Waals surface area contributed by atoms with Crippen molar-refractivity contribution in [3.8, 4) is 0 Å². The van der Waals surface area contributed by atoms with Crippen molar-refractivity contribution in [2.75, 3.05) is 5.32 Å². The average Bonchev–Trinajstić information content (AvgIpc) is 3.05. The molecule has 0 saturated heterocycles. The van der Waals surface area contributed by atoms with Gasteiger partial charge in [-0.1, -0.05) is 11.6 Å². The summed E-state index contributed by atoms with van der Waals surface area (Å²) >= 11 is 7.45. The second-order valence-electron chi connectivity index (χ2n) is 5.87. The molecular weight excluding hydrogens is 306 g/mol. The van der Waals surface area contributed by atoms with Crippen LogP contribution in [0.2, 0.25) is 5.02 Å². The van der Waals surface area contributed by atoms with Crippen LogP contribution in [0.25, 0.3) is 11.0 Å². The number of aromatic nitrogens is 4. The molecule has 7 heteroatoms. The SMILES string of the molecule is CC(C)(C)n1cc(CNc2c(Cl)ccc3nsnc23)cn1. The molecular formula is C14H16ClN5S. The third kappa shape index (κ3) is 2.87. The molecule has 0 atom stereocenters. The first-order valence-corrected chi connectivity index (χ1v) is 7.74. The Hall–Kier alpha value is -1.66. The maximum atomic E-state index is 6.26. The van der Waals surface area contributed by atoms with Gasteiger partial charge in [0.1, 0.15) is 11.0 Å². The van der Waals surface area contributed by atoms with E-state index in [1.807, 2.05) is 29.2 Å². The van der Waals surface area contributed by atoms with Crippen molar-refractivity contribution in [3.63, 3.8) is 0 Å². The molecule has 3 aromatic rings. The Balaban J connectivity index is 1.82. The topological polar surface area (TPSA) is 55.6 Å². The first-order valence-electron chi connectivity index (χ1n) is 6.64. The summed E-state index contributed by atoms with van der Waals surface area (Å²) in [4.78, 5) is 0. The van der Waals surface area contributed by atoms with Gasteiger partial charge in [0.2, 0.25) is 0 Å². The molecule has 0 amide bonds. The smallest absolute Gasteiger partial charge is 0.129 e. The Kier molecular flexibility index (Phi) is 3.59. The summed E-state index contributed by atoms with van der Waals surface area (Å²) in [7, 11) is 0. The molecule has 3 rings (SSSR count). The molecule has 2 heterocycles. The number of halogens is 1. The first kappa shape index (κ1) is 14.3. The highest BCUT2D eigenvalue weighted by Gasteiger charge is 2.14. The summed E-state index contributed by atoms with van der Waals surface area (Å²) in [6.45, 7) is 7.01. The van der Waals surface area contributed by atoms with Gasteiger partial charge in [-0.05, 0) is 32.9 Å². The molecule has 2 aromatic heterocycles. The van der Waals surface area contributed by atoms with Gasteiger partial charge in [0.15, 0.2) is 0 Å². The van der Waals surface area contributed by atoms with Crippen LogP contribution in [-0.4, -0.2) is 18.5 Å². The molecule has 0 bridgehead atoms. The number of benzene rings is 1. The minimum Gasteiger partial charge on any atom is -0.378 e. The standard InChI is InChI=1S/C14H16ClN5S/c1-14(2,3)20-8-9(7-17-20)6-16-12-10(15)4-5-11-13(12)19-21-18-11/h4-5,7-8,16H,6H2,1-3H3. The lowest BCUT2D eigenvalue weighted by Crippen LogP contribution is -2.21. The summed E-state index contributed by atoms with van der Waals surface area (Å²) in [6.07, 6.45) is 3.91. The molecule has 0 saturated carbocycles. The van der Waals surface area contributed by atoms with Crippen molar-refractivity contribution in [1.82, 2.24) is 18.5 Å². The molecule has 1 aromatic carbocycles. The second kappa shape index (κ2) is 5.27. The number of hydrogen-bond acceptors (Lipinski definition) is 5. The summed E-state index contributed by atoms with van der Waals surface area (Å²) in [5.41, 5.74) is 3.58. The zero-order valence-corrected chi connectivity index (χ0v) is 13.7. The van der Waals surface area contributed by atoms with Crippen LogP contribution in [0.5, 0.6) is 0 Å². The van der Waals surface area contributed by atoms with Gasteiger partial charge in [0.05, 0.1) is 34.2 Å². The molecule has 0 radical (unpaired) electrons. The predicted molar refractivity (Wildman–Crippen MR) is 87.0 cm³/mol. The van der Waals surface area contributed by atoms with Crippen LogP contribution < -0.4 is 5.32 Å². The van der Waals surface area contributed by atoms with Gasteiger partial charge < -0.3 is 5.32 Å². The largest absolute Gasteiger partial charge is 0.378 e. The monoisotopic (exact) mass is 321 g/mol. The lowest BCUT2D eigenvalue weighted by atomic mass is 10.1. The van der Waals surface area contributed by atoms with E-state index < -0.39 is 0 Å². The van der Waals surface area contributed by atoms with Crippen LogP contribution in [-0.2, 0) is 12.1 Å². The Morgan fingerprint density at radius 3 is 2.81 bits per heavy atom. The van der Waals surface area contributed by atoms with Gasteiger partial charge in [-0.3, -0.25) is 4.68 Å². The van der Waals surface area contributed by atoms with Crippen LogP contribution in [0.1, 0.15) is 26.3 Å². The maximum absolute atomic E-state index is 6.26. The predicted octanol–water partition coefficient (Wildman–Crippen LogP) is 3.91. The summed E-state index contributed by atoms with van der Waals surface area (Å²) < 4.78 is 10.5. The van der Waals surface area contributed by atoms with Gasteiger partial charge in [0.25, 0.3) is 0 Å². The molecule has 0 aliphatic carbocycles. The van der Waals surface area contributed by atoms with E-state index in [9.17, 15) is 0 Å². The van der Waals surface area contributed by atoms with Gasteiger partial charge in [-0.2, -0.15) is 13.8 Å². The number of hydrogen-bond donors (Lipinski definition) is 1. The van der Waals surface area contributed by atoms with Gasteiger partial charge in [-0.25, -0.2) is 0 Å². The molecule has 0 aliphatic heterocycles. The van der Waals surface area contributed by atoms with Crippen molar-refractivity contribution in [2.45, 2.75) is 32.9 Å². The summed E-state index contributed by atoms with van der Waals surface area (Å²) in [5, 5.41) is 8.39. The minimum absolute atomic E-state index is 0.0191. The van der Waals surface area contributed by atoms with Crippen LogP contribution >= 0.6 is 23.3 Å². The molecule has 0 spiro atoms. The van der Waals surface area contributed by atoms with Crippen LogP contribution in [0.15, 0.2) is 24.5 Å². The van der Waals surface area contributed by atoms with E-state index in [2.05, 4.69) is 39.9 Å². The van der Waals surface area contributed by atoms with Crippen molar-refractivity contribution in [1.29, 1.82) is 0 Å². The fraction of sp³-hybridized carbons (Fsp3) is 0.357. The Morgan fingerprint density at radius 2 is 2.10 bits per heavy atom. The van der Waals surface area contributed by atoms with Crippen LogP contribution in [0.3, 0.4) is 0 Å². The lowest BCUT2D eigenvalue weighted by molar-refractivity contribution is 0.355. The summed E-state index contributed by atoms with van der Waals surface area (Å²) in [5.74, 6) is 0. The molecule has 5 nitrogen and oxygen atoms in total. The average molecular weight is 322 g/mol. The van der Waals surface area contributed by atoms with Crippen LogP contribution in [0.4, 0.5) is 5.69 Å². The molecule has 110 valence electrons. The fourth-order valence-electron chi connectivity index (χ4n) is 2.00. The van der Waals surface area contributed by atoms with E-state index in [1.165, 1.54) is 11.7 Å². The van der Waals surface area contributed by atoms with Gasteiger partial charge >= 0.3 is 0 Å². The van der Waals surface area contributed by atoms with Crippen molar-refractivity contribution >= 4 is 40.0 Å². The van der Waals surface area contributed by atoms with E-state index >= 15 is 0 Å². The third-order valence-corrected chi connectivity index (χ3v) is 4.03.